The predicted molar refractivity (Wildman–Crippen MR) is 86.3 cm³/mol. The molecule has 0 fully saturated rings. The molecule has 2 amide bonds. The molecule has 0 atom stereocenters. The molecule has 0 radical (unpaired) electrons. The van der Waals surface area contributed by atoms with Gasteiger partial charge in [0.15, 0.2) is 0 Å². The monoisotopic (exact) mass is 319 g/mol. The topological polar surface area (TPSA) is 101 Å². The second-order valence-corrected chi connectivity index (χ2v) is 6.26. The third kappa shape index (κ3) is 4.31. The average molecular weight is 319 g/mol. The lowest BCUT2D eigenvalue weighted by Crippen LogP contribution is -2.19. The third-order valence-corrected chi connectivity index (χ3v) is 3.96. The fourth-order valence-corrected chi connectivity index (χ4v) is 2.41. The van der Waals surface area contributed by atoms with E-state index in [9.17, 15) is 13.2 Å². The van der Waals surface area contributed by atoms with E-state index < -0.39 is 16.1 Å². The van der Waals surface area contributed by atoms with Gasteiger partial charge in [-0.25, -0.2) is 18.4 Å². The highest BCUT2D eigenvalue weighted by atomic mass is 32.2. The van der Waals surface area contributed by atoms with Gasteiger partial charge in [-0.1, -0.05) is 19.1 Å². The Morgan fingerprint density at radius 3 is 2.27 bits per heavy atom. The summed E-state index contributed by atoms with van der Waals surface area (Å²) in [4.78, 5) is 11.9. The molecule has 0 heterocycles. The van der Waals surface area contributed by atoms with Crippen molar-refractivity contribution in [2.24, 2.45) is 5.14 Å². The molecule has 0 spiro atoms. The van der Waals surface area contributed by atoms with E-state index in [4.69, 9.17) is 5.14 Å². The Morgan fingerprint density at radius 2 is 1.68 bits per heavy atom. The summed E-state index contributed by atoms with van der Waals surface area (Å²) >= 11 is 0. The summed E-state index contributed by atoms with van der Waals surface area (Å²) in [6, 6.07) is 12.8. The van der Waals surface area contributed by atoms with Gasteiger partial charge in [-0.05, 0) is 48.4 Å². The zero-order valence-corrected chi connectivity index (χ0v) is 12.9. The molecule has 4 N–H and O–H groups in total. The first-order valence-electron chi connectivity index (χ1n) is 6.68. The number of hydrogen-bond donors (Lipinski definition) is 3. The molecule has 2 aromatic carbocycles. The molecule has 0 saturated heterocycles. The van der Waals surface area contributed by atoms with Crippen LogP contribution in [0.5, 0.6) is 0 Å². The minimum atomic E-state index is -3.73. The van der Waals surface area contributed by atoms with Crippen LogP contribution in [0.15, 0.2) is 53.4 Å². The Labute approximate surface area is 129 Å². The molecule has 0 aromatic heterocycles. The normalized spacial score (nSPS) is 11.0. The number of carbonyl (C=O) groups is 1. The number of anilines is 2. The van der Waals surface area contributed by atoms with Gasteiger partial charge in [0.25, 0.3) is 0 Å². The number of carbonyl (C=O) groups excluding carboxylic acids is 1. The highest BCUT2D eigenvalue weighted by Gasteiger charge is 2.08. The maximum atomic E-state index is 11.9. The molecule has 0 aliphatic carbocycles. The summed E-state index contributed by atoms with van der Waals surface area (Å²) in [5.41, 5.74) is 2.28. The Hall–Kier alpha value is -2.38. The lowest BCUT2D eigenvalue weighted by Gasteiger charge is -2.09. The largest absolute Gasteiger partial charge is 0.323 e. The molecule has 0 aliphatic rings. The van der Waals surface area contributed by atoms with Gasteiger partial charge in [0.1, 0.15) is 0 Å². The zero-order valence-electron chi connectivity index (χ0n) is 12.0. The number of primary sulfonamides is 1. The number of aryl methyl sites for hydroxylation is 1. The Morgan fingerprint density at radius 1 is 1.05 bits per heavy atom. The molecule has 2 aromatic rings. The standard InChI is InChI=1S/C15H17N3O3S/c1-2-11-4-3-5-13(10-11)18-15(19)17-12-6-8-14(9-7-12)22(16,20)21/h3-10H,2H2,1H3,(H2,16,20,21)(H2,17,18,19). The Balaban J connectivity index is 2.02. The van der Waals surface area contributed by atoms with Gasteiger partial charge >= 0.3 is 6.03 Å². The summed E-state index contributed by atoms with van der Waals surface area (Å²) in [7, 11) is -3.73. The van der Waals surface area contributed by atoms with Crippen molar-refractivity contribution in [2.45, 2.75) is 18.2 Å². The van der Waals surface area contributed by atoms with Crippen LogP contribution in [0.2, 0.25) is 0 Å². The second kappa shape index (κ2) is 6.59. The lowest BCUT2D eigenvalue weighted by molar-refractivity contribution is 0.262. The number of urea groups is 1. The lowest BCUT2D eigenvalue weighted by atomic mass is 10.1. The third-order valence-electron chi connectivity index (χ3n) is 3.03. The molecule has 0 aliphatic heterocycles. The number of nitrogens with one attached hydrogen (secondary N) is 2. The number of rotatable bonds is 4. The minimum absolute atomic E-state index is 0.00546. The van der Waals surface area contributed by atoms with E-state index in [1.54, 1.807) is 6.07 Å². The van der Waals surface area contributed by atoms with Gasteiger partial charge in [-0.2, -0.15) is 0 Å². The smallest absolute Gasteiger partial charge is 0.308 e. The molecule has 2 rings (SSSR count). The Bertz CT molecular complexity index is 771. The SMILES string of the molecule is CCc1cccc(NC(=O)Nc2ccc(S(N)(=O)=O)cc2)c1. The van der Waals surface area contributed by atoms with Crippen LogP contribution in [0.1, 0.15) is 12.5 Å². The molecular formula is C15H17N3O3S. The van der Waals surface area contributed by atoms with Crippen LogP contribution >= 0.6 is 0 Å². The van der Waals surface area contributed by atoms with E-state index in [-0.39, 0.29) is 4.90 Å². The van der Waals surface area contributed by atoms with Gasteiger partial charge in [0.05, 0.1) is 4.90 Å². The molecule has 0 unspecified atom stereocenters. The number of amides is 2. The van der Waals surface area contributed by atoms with Crippen LogP contribution < -0.4 is 15.8 Å². The fraction of sp³-hybridized carbons (Fsp3) is 0.133. The van der Waals surface area contributed by atoms with Crippen LogP contribution in [-0.4, -0.2) is 14.4 Å². The van der Waals surface area contributed by atoms with Crippen molar-refractivity contribution in [1.82, 2.24) is 0 Å². The van der Waals surface area contributed by atoms with Gasteiger partial charge in [-0.15, -0.1) is 0 Å². The van der Waals surface area contributed by atoms with E-state index in [2.05, 4.69) is 10.6 Å². The summed E-state index contributed by atoms with van der Waals surface area (Å²) in [5, 5.41) is 10.3. The minimum Gasteiger partial charge on any atom is -0.308 e. The maximum absolute atomic E-state index is 11.9. The van der Waals surface area contributed by atoms with Crippen molar-refractivity contribution in [3.05, 3.63) is 54.1 Å². The van der Waals surface area contributed by atoms with E-state index >= 15 is 0 Å². The van der Waals surface area contributed by atoms with Crippen molar-refractivity contribution in [3.8, 4) is 0 Å². The van der Waals surface area contributed by atoms with E-state index in [1.807, 2.05) is 25.1 Å². The molecule has 22 heavy (non-hydrogen) atoms. The zero-order chi connectivity index (χ0) is 16.2. The Kier molecular flexibility index (Phi) is 4.79. The van der Waals surface area contributed by atoms with Crippen molar-refractivity contribution in [3.63, 3.8) is 0 Å². The fourth-order valence-electron chi connectivity index (χ4n) is 1.89. The predicted octanol–water partition coefficient (Wildman–Crippen LogP) is 2.54. The summed E-state index contributed by atoms with van der Waals surface area (Å²) < 4.78 is 22.3. The average Bonchev–Trinajstić information content (AvgIpc) is 2.47. The van der Waals surface area contributed by atoms with E-state index in [1.165, 1.54) is 24.3 Å². The molecule has 0 saturated carbocycles. The van der Waals surface area contributed by atoms with Gasteiger partial charge < -0.3 is 10.6 Å². The summed E-state index contributed by atoms with van der Waals surface area (Å²) in [6.07, 6.45) is 0.881. The van der Waals surface area contributed by atoms with E-state index in [0.717, 1.165) is 12.0 Å². The van der Waals surface area contributed by atoms with Crippen LogP contribution in [0.4, 0.5) is 16.2 Å². The number of nitrogens with two attached hydrogens (primary N) is 1. The van der Waals surface area contributed by atoms with Crippen molar-refractivity contribution < 1.29 is 13.2 Å². The van der Waals surface area contributed by atoms with Crippen molar-refractivity contribution >= 4 is 27.4 Å². The number of benzene rings is 2. The second-order valence-electron chi connectivity index (χ2n) is 4.70. The number of hydrogen-bond acceptors (Lipinski definition) is 3. The number of sulfonamides is 1. The summed E-state index contributed by atoms with van der Waals surface area (Å²) in [5.74, 6) is 0. The highest BCUT2D eigenvalue weighted by Crippen LogP contribution is 2.14. The van der Waals surface area contributed by atoms with Crippen molar-refractivity contribution in [2.75, 3.05) is 10.6 Å². The van der Waals surface area contributed by atoms with Crippen LogP contribution in [0.25, 0.3) is 0 Å². The van der Waals surface area contributed by atoms with Gasteiger partial charge in [-0.3, -0.25) is 0 Å². The van der Waals surface area contributed by atoms with E-state index in [0.29, 0.717) is 11.4 Å². The van der Waals surface area contributed by atoms with Gasteiger partial charge in [0.2, 0.25) is 10.0 Å². The molecule has 7 heteroatoms. The van der Waals surface area contributed by atoms with Crippen LogP contribution in [-0.2, 0) is 16.4 Å². The molecule has 0 bridgehead atoms. The highest BCUT2D eigenvalue weighted by molar-refractivity contribution is 7.89. The van der Waals surface area contributed by atoms with Crippen LogP contribution in [0.3, 0.4) is 0 Å². The summed E-state index contributed by atoms with van der Waals surface area (Å²) in [6.45, 7) is 2.03. The first-order chi connectivity index (χ1) is 10.4. The first kappa shape index (κ1) is 16.0. The first-order valence-corrected chi connectivity index (χ1v) is 8.23. The quantitative estimate of drug-likeness (QED) is 0.807. The van der Waals surface area contributed by atoms with Crippen LogP contribution in [0, 0.1) is 0 Å². The van der Waals surface area contributed by atoms with Crippen molar-refractivity contribution in [1.29, 1.82) is 0 Å². The van der Waals surface area contributed by atoms with Gasteiger partial charge in [0, 0.05) is 11.4 Å². The molecular weight excluding hydrogens is 302 g/mol. The molecule has 6 nitrogen and oxygen atoms in total. The maximum Gasteiger partial charge on any atom is 0.323 e. The molecule has 116 valence electrons.